The molecule has 2 aromatic carbocycles. The zero-order valence-electron chi connectivity index (χ0n) is 12.7. The number of anilines is 1. The first-order valence-electron chi connectivity index (χ1n) is 7.14. The summed E-state index contributed by atoms with van der Waals surface area (Å²) in [7, 11) is 0. The van der Waals surface area contributed by atoms with Gasteiger partial charge in [-0.25, -0.2) is 5.43 Å². The van der Waals surface area contributed by atoms with Gasteiger partial charge < -0.3 is 5.32 Å². The number of nitrogens with zero attached hydrogens (tertiary/aromatic N) is 1. The molecule has 0 unspecified atom stereocenters. The van der Waals surface area contributed by atoms with Gasteiger partial charge in [0.2, 0.25) is 11.8 Å². The molecule has 0 saturated heterocycles. The molecule has 0 aliphatic carbocycles. The summed E-state index contributed by atoms with van der Waals surface area (Å²) in [4.78, 5) is 23.4. The van der Waals surface area contributed by atoms with Crippen molar-refractivity contribution in [3.63, 3.8) is 0 Å². The van der Waals surface area contributed by atoms with E-state index < -0.39 is 0 Å². The van der Waals surface area contributed by atoms with Crippen LogP contribution in [-0.4, -0.2) is 29.5 Å². The van der Waals surface area contributed by atoms with Crippen LogP contribution >= 0.6 is 23.4 Å². The SMILES string of the molecule is O=C(CSCC(=O)Nc1ccccc1)N/N=C\c1ccccc1Cl. The summed E-state index contributed by atoms with van der Waals surface area (Å²) in [6.07, 6.45) is 1.48. The van der Waals surface area contributed by atoms with Crippen molar-refractivity contribution in [2.45, 2.75) is 0 Å². The number of nitrogens with one attached hydrogen (secondary N) is 2. The molecule has 0 atom stereocenters. The van der Waals surface area contributed by atoms with Crippen LogP contribution in [0.1, 0.15) is 5.56 Å². The van der Waals surface area contributed by atoms with Crippen molar-refractivity contribution in [2.24, 2.45) is 5.10 Å². The highest BCUT2D eigenvalue weighted by Crippen LogP contribution is 2.12. The fraction of sp³-hybridized carbons (Fsp3) is 0.118. The van der Waals surface area contributed by atoms with E-state index in [1.807, 2.05) is 30.3 Å². The van der Waals surface area contributed by atoms with E-state index in [0.29, 0.717) is 10.6 Å². The van der Waals surface area contributed by atoms with Crippen LogP contribution in [0.25, 0.3) is 0 Å². The maximum absolute atomic E-state index is 11.7. The highest BCUT2D eigenvalue weighted by Gasteiger charge is 2.05. The average Bonchev–Trinajstić information content (AvgIpc) is 2.57. The van der Waals surface area contributed by atoms with Gasteiger partial charge in [0, 0.05) is 16.3 Å². The molecule has 0 spiro atoms. The number of hydrogen-bond donors (Lipinski definition) is 2. The molecule has 0 bridgehead atoms. The van der Waals surface area contributed by atoms with Gasteiger partial charge in [-0.2, -0.15) is 5.10 Å². The van der Waals surface area contributed by atoms with E-state index in [-0.39, 0.29) is 23.3 Å². The Balaban J connectivity index is 1.66. The first-order chi connectivity index (χ1) is 11.6. The lowest BCUT2D eigenvalue weighted by Crippen LogP contribution is -2.21. The first-order valence-corrected chi connectivity index (χ1v) is 8.67. The number of thioether (sulfide) groups is 1. The largest absolute Gasteiger partial charge is 0.325 e. The van der Waals surface area contributed by atoms with Crippen LogP contribution in [0.2, 0.25) is 5.02 Å². The minimum atomic E-state index is -0.282. The Kier molecular flexibility index (Phi) is 7.32. The number of carbonyl (C=O) groups is 2. The van der Waals surface area contributed by atoms with E-state index >= 15 is 0 Å². The van der Waals surface area contributed by atoms with Gasteiger partial charge in [-0.05, 0) is 18.2 Å². The molecule has 2 N–H and O–H groups in total. The van der Waals surface area contributed by atoms with Crippen molar-refractivity contribution < 1.29 is 9.59 Å². The van der Waals surface area contributed by atoms with E-state index in [2.05, 4.69) is 15.8 Å². The molecule has 0 aromatic heterocycles. The van der Waals surface area contributed by atoms with Crippen molar-refractivity contribution >= 4 is 47.1 Å². The van der Waals surface area contributed by atoms with Crippen LogP contribution in [-0.2, 0) is 9.59 Å². The minimum Gasteiger partial charge on any atom is -0.325 e. The fourth-order valence-electron chi connectivity index (χ4n) is 1.74. The molecule has 7 heteroatoms. The number of carbonyl (C=O) groups excluding carboxylic acids is 2. The zero-order valence-corrected chi connectivity index (χ0v) is 14.3. The number of hydrazone groups is 1. The molecule has 124 valence electrons. The van der Waals surface area contributed by atoms with Crippen molar-refractivity contribution in [1.29, 1.82) is 0 Å². The second-order valence-electron chi connectivity index (χ2n) is 4.72. The second kappa shape index (κ2) is 9.75. The van der Waals surface area contributed by atoms with Crippen LogP contribution in [0.5, 0.6) is 0 Å². The number of rotatable bonds is 7. The zero-order chi connectivity index (χ0) is 17.2. The number of hydrogen-bond acceptors (Lipinski definition) is 4. The normalized spacial score (nSPS) is 10.5. The van der Waals surface area contributed by atoms with E-state index in [0.717, 1.165) is 5.69 Å². The average molecular weight is 362 g/mol. The van der Waals surface area contributed by atoms with Gasteiger partial charge in [0.1, 0.15) is 0 Å². The molecule has 0 radical (unpaired) electrons. The van der Waals surface area contributed by atoms with Gasteiger partial charge >= 0.3 is 0 Å². The fourth-order valence-corrected chi connectivity index (χ4v) is 2.53. The highest BCUT2D eigenvalue weighted by atomic mass is 35.5. The van der Waals surface area contributed by atoms with Gasteiger partial charge in [-0.1, -0.05) is 48.0 Å². The molecule has 2 rings (SSSR count). The lowest BCUT2D eigenvalue weighted by Gasteiger charge is -2.04. The molecular weight excluding hydrogens is 346 g/mol. The Morgan fingerprint density at radius 2 is 1.67 bits per heavy atom. The summed E-state index contributed by atoms with van der Waals surface area (Å²) in [5, 5.41) is 7.15. The predicted octanol–water partition coefficient (Wildman–Crippen LogP) is 3.16. The first kappa shape index (κ1) is 18.0. The van der Waals surface area contributed by atoms with Gasteiger partial charge in [0.25, 0.3) is 0 Å². The summed E-state index contributed by atoms with van der Waals surface area (Å²) in [5.41, 5.74) is 3.85. The molecule has 5 nitrogen and oxygen atoms in total. The van der Waals surface area contributed by atoms with E-state index in [1.54, 1.807) is 24.3 Å². The number of halogens is 1. The number of para-hydroxylation sites is 1. The van der Waals surface area contributed by atoms with Crippen LogP contribution in [0.3, 0.4) is 0 Å². The molecule has 0 aliphatic rings. The molecule has 0 aliphatic heterocycles. The Hall–Kier alpha value is -2.31. The summed E-state index contributed by atoms with van der Waals surface area (Å²) >= 11 is 7.19. The Labute approximate surface area is 149 Å². The summed E-state index contributed by atoms with van der Waals surface area (Å²) in [5.74, 6) is -0.104. The molecule has 24 heavy (non-hydrogen) atoms. The quantitative estimate of drug-likeness (QED) is 0.587. The number of benzene rings is 2. The van der Waals surface area contributed by atoms with Crippen LogP contribution in [0.4, 0.5) is 5.69 Å². The van der Waals surface area contributed by atoms with Crippen molar-refractivity contribution in [1.82, 2.24) is 5.43 Å². The maximum atomic E-state index is 11.7. The predicted molar refractivity (Wildman–Crippen MR) is 99.6 cm³/mol. The van der Waals surface area contributed by atoms with Gasteiger partial charge in [-0.15, -0.1) is 11.8 Å². The van der Waals surface area contributed by atoms with E-state index in [4.69, 9.17) is 11.6 Å². The number of amides is 2. The lowest BCUT2D eigenvalue weighted by atomic mass is 10.2. The highest BCUT2D eigenvalue weighted by molar-refractivity contribution is 8.00. The van der Waals surface area contributed by atoms with Crippen molar-refractivity contribution in [3.05, 3.63) is 65.2 Å². The van der Waals surface area contributed by atoms with Crippen molar-refractivity contribution in [2.75, 3.05) is 16.8 Å². The Bertz CT molecular complexity index is 723. The smallest absolute Gasteiger partial charge is 0.250 e. The van der Waals surface area contributed by atoms with Crippen LogP contribution < -0.4 is 10.7 Å². The third-order valence-electron chi connectivity index (χ3n) is 2.82. The summed E-state index contributed by atoms with van der Waals surface area (Å²) < 4.78 is 0. The van der Waals surface area contributed by atoms with Gasteiger partial charge in [0.15, 0.2) is 0 Å². The van der Waals surface area contributed by atoms with Crippen LogP contribution in [0.15, 0.2) is 59.7 Å². The lowest BCUT2D eigenvalue weighted by molar-refractivity contribution is -0.118. The summed E-state index contributed by atoms with van der Waals surface area (Å²) in [6, 6.07) is 16.3. The maximum Gasteiger partial charge on any atom is 0.250 e. The Morgan fingerprint density at radius 3 is 2.42 bits per heavy atom. The van der Waals surface area contributed by atoms with Gasteiger partial charge in [0.05, 0.1) is 17.7 Å². The third-order valence-corrected chi connectivity index (χ3v) is 4.10. The monoisotopic (exact) mass is 361 g/mol. The molecule has 0 fully saturated rings. The molecular formula is C17H16ClN3O2S. The van der Waals surface area contributed by atoms with Crippen molar-refractivity contribution in [3.8, 4) is 0 Å². The third kappa shape index (κ3) is 6.44. The molecule has 0 heterocycles. The minimum absolute atomic E-state index is 0.141. The molecule has 2 aromatic rings. The molecule has 2 amide bonds. The summed E-state index contributed by atoms with van der Waals surface area (Å²) in [6.45, 7) is 0. The second-order valence-corrected chi connectivity index (χ2v) is 6.11. The topological polar surface area (TPSA) is 70.6 Å². The van der Waals surface area contributed by atoms with Gasteiger partial charge in [-0.3, -0.25) is 9.59 Å². The Morgan fingerprint density at radius 1 is 1.00 bits per heavy atom. The van der Waals surface area contributed by atoms with E-state index in [1.165, 1.54) is 18.0 Å². The standard InChI is InChI=1S/C17H16ClN3O2S/c18-15-9-5-4-6-13(15)10-19-21-17(23)12-24-11-16(22)20-14-7-2-1-3-8-14/h1-10H,11-12H2,(H,20,22)(H,21,23)/b19-10-. The van der Waals surface area contributed by atoms with Crippen LogP contribution in [0, 0.1) is 0 Å². The molecule has 0 saturated carbocycles. The van der Waals surface area contributed by atoms with E-state index in [9.17, 15) is 9.59 Å².